The van der Waals surface area contributed by atoms with Crippen molar-refractivity contribution in [3.05, 3.63) is 24.3 Å². The van der Waals surface area contributed by atoms with Crippen molar-refractivity contribution in [1.29, 1.82) is 0 Å². The van der Waals surface area contributed by atoms with Crippen LogP contribution in [0.25, 0.3) is 0 Å². The van der Waals surface area contributed by atoms with Crippen LogP contribution in [0.3, 0.4) is 0 Å². The van der Waals surface area contributed by atoms with Gasteiger partial charge in [0.05, 0.1) is 29.5 Å². The monoisotopic (exact) mass is 312 g/mol. The third-order valence-electron chi connectivity index (χ3n) is 3.41. The molecule has 1 fully saturated rings. The molecule has 0 heterocycles. The first-order chi connectivity index (χ1) is 9.78. The number of hydrogen-bond donors (Lipinski definition) is 3. The highest BCUT2D eigenvalue weighted by Crippen LogP contribution is 2.36. The quantitative estimate of drug-likeness (QED) is 0.754. The van der Waals surface area contributed by atoms with Crippen LogP contribution in [-0.2, 0) is 19.6 Å². The van der Waals surface area contributed by atoms with Gasteiger partial charge < -0.3 is 10.4 Å². The maximum Gasteiger partial charge on any atom is 0.307 e. The van der Waals surface area contributed by atoms with Crippen LogP contribution in [0.4, 0.5) is 11.4 Å². The topological polar surface area (TPSA) is 113 Å². The van der Waals surface area contributed by atoms with Crippen LogP contribution in [0.5, 0.6) is 0 Å². The van der Waals surface area contributed by atoms with Gasteiger partial charge in [0, 0.05) is 0 Å². The summed E-state index contributed by atoms with van der Waals surface area (Å²) in [6.07, 6.45) is 2.01. The molecule has 0 saturated heterocycles. The van der Waals surface area contributed by atoms with E-state index in [9.17, 15) is 18.0 Å². The lowest BCUT2D eigenvalue weighted by Crippen LogP contribution is -2.41. The molecule has 21 heavy (non-hydrogen) atoms. The summed E-state index contributed by atoms with van der Waals surface area (Å²) in [6, 6.07) is 6.36. The first-order valence-corrected chi connectivity index (χ1v) is 8.27. The lowest BCUT2D eigenvalue weighted by molar-refractivity contribution is -0.151. The molecule has 1 aromatic rings. The van der Waals surface area contributed by atoms with Crippen molar-refractivity contribution in [2.24, 2.45) is 11.8 Å². The third kappa shape index (κ3) is 3.72. The lowest BCUT2D eigenvalue weighted by atomic mass is 9.73. The SMILES string of the molecule is CS(=O)(=O)Nc1ccccc1NC(=O)C1CCC1C(=O)O. The van der Waals surface area contributed by atoms with Crippen molar-refractivity contribution in [3.8, 4) is 0 Å². The Kier molecular flexibility index (Phi) is 4.17. The Morgan fingerprint density at radius 1 is 1.14 bits per heavy atom. The number of aliphatic carboxylic acids is 1. The molecular weight excluding hydrogens is 296 g/mol. The zero-order chi connectivity index (χ0) is 15.6. The average molecular weight is 312 g/mol. The van der Waals surface area contributed by atoms with E-state index in [2.05, 4.69) is 10.0 Å². The van der Waals surface area contributed by atoms with Crippen LogP contribution in [0.15, 0.2) is 24.3 Å². The van der Waals surface area contributed by atoms with Crippen molar-refractivity contribution < 1.29 is 23.1 Å². The number of carbonyl (C=O) groups excluding carboxylic acids is 1. The molecule has 3 N–H and O–H groups in total. The summed E-state index contributed by atoms with van der Waals surface area (Å²) in [5.41, 5.74) is 0.559. The average Bonchev–Trinajstić information content (AvgIpc) is 2.27. The van der Waals surface area contributed by atoms with Gasteiger partial charge in [-0.3, -0.25) is 14.3 Å². The summed E-state index contributed by atoms with van der Waals surface area (Å²) in [5, 5.41) is 11.5. The lowest BCUT2D eigenvalue weighted by Gasteiger charge is -2.32. The predicted octanol–water partition coefficient (Wildman–Crippen LogP) is 1.11. The molecule has 8 heteroatoms. The Morgan fingerprint density at radius 2 is 1.71 bits per heavy atom. The van der Waals surface area contributed by atoms with E-state index in [0.717, 1.165) is 6.26 Å². The van der Waals surface area contributed by atoms with Crippen LogP contribution in [0.1, 0.15) is 12.8 Å². The number of benzene rings is 1. The molecule has 1 amide bonds. The van der Waals surface area contributed by atoms with Crippen LogP contribution in [0, 0.1) is 11.8 Å². The molecule has 0 radical (unpaired) electrons. The third-order valence-corrected chi connectivity index (χ3v) is 4.00. The molecule has 1 aliphatic rings. The number of nitrogens with one attached hydrogen (secondary N) is 2. The summed E-state index contributed by atoms with van der Waals surface area (Å²) >= 11 is 0. The standard InChI is InChI=1S/C13H16N2O5S/c1-21(19,20)15-11-5-3-2-4-10(11)14-12(16)8-6-7-9(8)13(17)18/h2-5,8-9,15H,6-7H2,1H3,(H,14,16)(H,17,18). The predicted molar refractivity (Wildman–Crippen MR) is 77.4 cm³/mol. The van der Waals surface area contributed by atoms with E-state index < -0.39 is 33.7 Å². The second-order valence-electron chi connectivity index (χ2n) is 5.04. The van der Waals surface area contributed by atoms with Crippen LogP contribution in [-0.4, -0.2) is 31.7 Å². The molecule has 2 rings (SSSR count). The fraction of sp³-hybridized carbons (Fsp3) is 0.385. The Bertz CT molecular complexity index is 671. The summed E-state index contributed by atoms with van der Waals surface area (Å²) < 4.78 is 24.9. The van der Waals surface area contributed by atoms with Gasteiger partial charge >= 0.3 is 5.97 Å². The highest BCUT2D eigenvalue weighted by molar-refractivity contribution is 7.92. The molecule has 114 valence electrons. The summed E-state index contributed by atoms with van der Waals surface area (Å²) in [6.45, 7) is 0. The van der Waals surface area contributed by atoms with E-state index in [4.69, 9.17) is 5.11 Å². The summed E-state index contributed by atoms with van der Waals surface area (Å²) in [4.78, 5) is 23.0. The number of hydrogen-bond acceptors (Lipinski definition) is 4. The maximum atomic E-state index is 12.1. The van der Waals surface area contributed by atoms with Crippen molar-refractivity contribution in [3.63, 3.8) is 0 Å². The zero-order valence-corrected chi connectivity index (χ0v) is 12.2. The Labute approximate surface area is 122 Å². The molecule has 2 unspecified atom stereocenters. The Hall–Kier alpha value is -2.09. The minimum atomic E-state index is -3.47. The highest BCUT2D eigenvalue weighted by atomic mass is 32.2. The summed E-state index contributed by atoms with van der Waals surface area (Å²) in [5.74, 6) is -2.63. The van der Waals surface area contributed by atoms with E-state index >= 15 is 0 Å². The van der Waals surface area contributed by atoms with Gasteiger partial charge in [-0.1, -0.05) is 12.1 Å². The van der Waals surface area contributed by atoms with E-state index in [-0.39, 0.29) is 5.69 Å². The van der Waals surface area contributed by atoms with Crippen LogP contribution < -0.4 is 10.0 Å². The van der Waals surface area contributed by atoms with Gasteiger partial charge in [0.1, 0.15) is 0 Å². The van der Waals surface area contributed by atoms with Gasteiger partial charge in [0.25, 0.3) is 0 Å². The van der Waals surface area contributed by atoms with Gasteiger partial charge in [-0.05, 0) is 25.0 Å². The molecule has 0 bridgehead atoms. The van der Waals surface area contributed by atoms with Gasteiger partial charge in [-0.2, -0.15) is 0 Å². The number of sulfonamides is 1. The number of amides is 1. The minimum absolute atomic E-state index is 0.250. The van der Waals surface area contributed by atoms with Crippen molar-refractivity contribution in [1.82, 2.24) is 0 Å². The second-order valence-corrected chi connectivity index (χ2v) is 6.79. The van der Waals surface area contributed by atoms with E-state index in [1.54, 1.807) is 18.2 Å². The smallest absolute Gasteiger partial charge is 0.307 e. The maximum absolute atomic E-state index is 12.1. The number of para-hydroxylation sites is 2. The van der Waals surface area contributed by atoms with Gasteiger partial charge in [0.2, 0.25) is 15.9 Å². The van der Waals surface area contributed by atoms with Crippen molar-refractivity contribution in [2.45, 2.75) is 12.8 Å². The Balaban J connectivity index is 2.13. The molecule has 1 aromatic carbocycles. The zero-order valence-electron chi connectivity index (χ0n) is 11.4. The highest BCUT2D eigenvalue weighted by Gasteiger charge is 2.41. The number of carboxylic acids is 1. The fourth-order valence-corrected chi connectivity index (χ4v) is 2.79. The Morgan fingerprint density at radius 3 is 2.19 bits per heavy atom. The molecule has 0 aliphatic heterocycles. The first-order valence-electron chi connectivity index (χ1n) is 6.38. The largest absolute Gasteiger partial charge is 0.481 e. The van der Waals surface area contributed by atoms with Crippen LogP contribution in [0.2, 0.25) is 0 Å². The van der Waals surface area contributed by atoms with E-state index in [1.807, 2.05) is 0 Å². The number of anilines is 2. The minimum Gasteiger partial charge on any atom is -0.481 e. The fourth-order valence-electron chi connectivity index (χ4n) is 2.22. The summed E-state index contributed by atoms with van der Waals surface area (Å²) in [7, 11) is -3.47. The van der Waals surface area contributed by atoms with Gasteiger partial charge in [-0.25, -0.2) is 8.42 Å². The molecule has 1 saturated carbocycles. The van der Waals surface area contributed by atoms with Gasteiger partial charge in [-0.15, -0.1) is 0 Å². The number of carboxylic acid groups (broad SMARTS) is 1. The molecule has 0 aromatic heterocycles. The van der Waals surface area contributed by atoms with Gasteiger partial charge in [0.15, 0.2) is 0 Å². The van der Waals surface area contributed by atoms with E-state index in [0.29, 0.717) is 18.5 Å². The normalized spacial score (nSPS) is 21.2. The van der Waals surface area contributed by atoms with E-state index in [1.165, 1.54) is 6.07 Å². The number of carbonyl (C=O) groups is 2. The molecular formula is C13H16N2O5S. The van der Waals surface area contributed by atoms with Crippen LogP contribution >= 0.6 is 0 Å². The van der Waals surface area contributed by atoms with Crippen molar-refractivity contribution in [2.75, 3.05) is 16.3 Å². The second kappa shape index (κ2) is 5.72. The van der Waals surface area contributed by atoms with Crippen molar-refractivity contribution >= 4 is 33.3 Å². The molecule has 1 aliphatic carbocycles. The number of rotatable bonds is 5. The molecule has 0 spiro atoms. The first kappa shape index (κ1) is 15.3. The molecule has 2 atom stereocenters. The molecule has 7 nitrogen and oxygen atoms in total.